The maximum absolute atomic E-state index is 12.4. The highest BCUT2D eigenvalue weighted by atomic mass is 35.5. The lowest BCUT2D eigenvalue weighted by Crippen LogP contribution is -2.51. The summed E-state index contributed by atoms with van der Waals surface area (Å²) in [6.07, 6.45) is 4.91. The molecule has 0 bridgehead atoms. The fourth-order valence-electron chi connectivity index (χ4n) is 3.17. The van der Waals surface area contributed by atoms with Gasteiger partial charge in [-0.05, 0) is 5.56 Å². The Labute approximate surface area is 168 Å². The van der Waals surface area contributed by atoms with Crippen molar-refractivity contribution < 1.29 is 9.53 Å². The van der Waals surface area contributed by atoms with Crippen LogP contribution in [0.2, 0.25) is 0 Å². The molecule has 1 atom stereocenters. The molecule has 2 aliphatic heterocycles. The minimum atomic E-state index is 0. The maximum atomic E-state index is 12.4. The fraction of sp³-hybridized carbons (Fsp3) is 0.526. The minimum Gasteiger partial charge on any atom is -0.378 e. The van der Waals surface area contributed by atoms with E-state index in [4.69, 9.17) is 4.74 Å². The van der Waals surface area contributed by atoms with E-state index >= 15 is 0 Å². The molecule has 2 saturated heterocycles. The lowest BCUT2D eigenvalue weighted by Gasteiger charge is -2.35. The molecule has 0 saturated carbocycles. The van der Waals surface area contributed by atoms with E-state index in [1.807, 2.05) is 11.0 Å². The third-order valence-corrected chi connectivity index (χ3v) is 4.62. The van der Waals surface area contributed by atoms with E-state index in [9.17, 15) is 4.79 Å². The molecular formula is C19H29Cl2N3O2. The number of hydrogen-bond acceptors (Lipinski definition) is 4. The molecule has 0 aromatic heterocycles. The molecule has 7 heteroatoms. The highest BCUT2D eigenvalue weighted by Crippen LogP contribution is 2.08. The molecule has 2 aliphatic rings. The van der Waals surface area contributed by atoms with Crippen LogP contribution in [0.25, 0.3) is 6.08 Å². The average molecular weight is 402 g/mol. The van der Waals surface area contributed by atoms with E-state index < -0.39 is 0 Å². The first-order valence-electron chi connectivity index (χ1n) is 8.84. The number of hydrogen-bond donors (Lipinski definition) is 1. The van der Waals surface area contributed by atoms with E-state index in [2.05, 4.69) is 46.6 Å². The second kappa shape index (κ2) is 12.3. The van der Waals surface area contributed by atoms with Crippen molar-refractivity contribution in [1.29, 1.82) is 0 Å². The molecule has 0 aliphatic carbocycles. The largest absolute Gasteiger partial charge is 0.378 e. The van der Waals surface area contributed by atoms with Gasteiger partial charge in [-0.2, -0.15) is 0 Å². The van der Waals surface area contributed by atoms with E-state index in [0.29, 0.717) is 13.0 Å². The van der Waals surface area contributed by atoms with Crippen molar-refractivity contribution in [3.8, 4) is 0 Å². The Morgan fingerprint density at radius 3 is 2.54 bits per heavy atom. The van der Waals surface area contributed by atoms with Crippen molar-refractivity contribution in [3.05, 3.63) is 42.0 Å². The number of nitrogens with zero attached hydrogens (tertiary/aromatic N) is 2. The minimum absolute atomic E-state index is 0. The summed E-state index contributed by atoms with van der Waals surface area (Å²) in [6, 6.07) is 10.5. The predicted octanol–water partition coefficient (Wildman–Crippen LogP) is 2.07. The van der Waals surface area contributed by atoms with Gasteiger partial charge in [0.15, 0.2) is 0 Å². The summed E-state index contributed by atoms with van der Waals surface area (Å²) in [7, 11) is 0. The van der Waals surface area contributed by atoms with Crippen molar-refractivity contribution in [2.24, 2.45) is 0 Å². The van der Waals surface area contributed by atoms with Crippen molar-refractivity contribution in [3.63, 3.8) is 0 Å². The Morgan fingerprint density at radius 1 is 1.15 bits per heavy atom. The van der Waals surface area contributed by atoms with E-state index in [1.54, 1.807) is 0 Å². The number of halogens is 2. The number of carbonyl (C=O) groups excluding carboxylic acids is 1. The topological polar surface area (TPSA) is 44.8 Å². The van der Waals surface area contributed by atoms with Crippen LogP contribution in [0.4, 0.5) is 0 Å². The smallest absolute Gasteiger partial charge is 0.224 e. The molecule has 2 fully saturated rings. The second-order valence-corrected chi connectivity index (χ2v) is 6.42. The van der Waals surface area contributed by atoms with E-state index in [0.717, 1.165) is 45.9 Å². The Hall–Kier alpha value is -1.11. The Morgan fingerprint density at radius 2 is 1.88 bits per heavy atom. The fourth-order valence-corrected chi connectivity index (χ4v) is 3.17. The highest BCUT2D eigenvalue weighted by molar-refractivity contribution is 5.85. The van der Waals surface area contributed by atoms with Crippen LogP contribution in [0.15, 0.2) is 36.4 Å². The number of carbonyl (C=O) groups is 1. The van der Waals surface area contributed by atoms with Crippen molar-refractivity contribution in [2.75, 3.05) is 52.5 Å². The molecule has 3 rings (SSSR count). The number of amides is 1. The van der Waals surface area contributed by atoms with Gasteiger partial charge < -0.3 is 15.0 Å². The SMILES string of the molecule is Cl.Cl.O=C(CC1COCCN1)N1CCN(C/C=C/c2ccccc2)CC1. The molecule has 1 amide bonds. The highest BCUT2D eigenvalue weighted by Gasteiger charge is 2.24. The molecule has 1 aromatic rings. The summed E-state index contributed by atoms with van der Waals surface area (Å²) in [5, 5.41) is 3.35. The summed E-state index contributed by atoms with van der Waals surface area (Å²) in [4.78, 5) is 16.8. The Kier molecular flexibility index (Phi) is 10.9. The second-order valence-electron chi connectivity index (χ2n) is 6.42. The summed E-state index contributed by atoms with van der Waals surface area (Å²) in [6.45, 7) is 6.72. The van der Waals surface area contributed by atoms with Gasteiger partial charge in [0.25, 0.3) is 0 Å². The van der Waals surface area contributed by atoms with E-state index in [-0.39, 0.29) is 36.8 Å². The van der Waals surface area contributed by atoms with Crippen molar-refractivity contribution >= 4 is 36.8 Å². The maximum Gasteiger partial charge on any atom is 0.224 e. The number of benzene rings is 1. The molecule has 1 aromatic carbocycles. The van der Waals surface area contributed by atoms with Crippen LogP contribution < -0.4 is 5.32 Å². The van der Waals surface area contributed by atoms with Gasteiger partial charge in [0.1, 0.15) is 0 Å². The van der Waals surface area contributed by atoms with E-state index in [1.165, 1.54) is 5.56 Å². The van der Waals surface area contributed by atoms with Crippen molar-refractivity contribution in [1.82, 2.24) is 15.1 Å². The van der Waals surface area contributed by atoms with Crippen LogP contribution in [0.5, 0.6) is 0 Å². The lowest BCUT2D eigenvalue weighted by molar-refractivity contribution is -0.134. The van der Waals surface area contributed by atoms with Crippen LogP contribution in [0.3, 0.4) is 0 Å². The first-order chi connectivity index (χ1) is 11.8. The van der Waals surface area contributed by atoms with Gasteiger partial charge in [-0.25, -0.2) is 0 Å². The monoisotopic (exact) mass is 401 g/mol. The van der Waals surface area contributed by atoms with Gasteiger partial charge >= 0.3 is 0 Å². The molecule has 2 heterocycles. The third-order valence-electron chi connectivity index (χ3n) is 4.62. The summed E-state index contributed by atoms with van der Waals surface area (Å²) >= 11 is 0. The molecular weight excluding hydrogens is 373 g/mol. The molecule has 26 heavy (non-hydrogen) atoms. The summed E-state index contributed by atoms with van der Waals surface area (Å²) in [5.41, 5.74) is 1.23. The Bertz CT molecular complexity index is 543. The lowest BCUT2D eigenvalue weighted by atomic mass is 10.1. The van der Waals surface area contributed by atoms with Crippen LogP contribution >= 0.6 is 24.8 Å². The molecule has 1 N–H and O–H groups in total. The van der Waals surface area contributed by atoms with Crippen LogP contribution in [-0.4, -0.2) is 74.2 Å². The van der Waals surface area contributed by atoms with Gasteiger partial charge in [-0.1, -0.05) is 42.5 Å². The number of nitrogens with one attached hydrogen (secondary N) is 1. The number of piperazine rings is 1. The molecule has 5 nitrogen and oxygen atoms in total. The normalized spacial score (nSPS) is 21.1. The predicted molar refractivity (Wildman–Crippen MR) is 110 cm³/mol. The standard InChI is InChI=1S/C19H27N3O2.2ClH/c23-19(15-18-16-24-14-8-20-18)22-12-10-21(11-13-22)9-4-7-17-5-2-1-3-6-17;;/h1-7,18,20H,8-16H2;2*1H/b7-4+;;. The summed E-state index contributed by atoms with van der Waals surface area (Å²) < 4.78 is 5.42. The summed E-state index contributed by atoms with van der Waals surface area (Å²) in [5.74, 6) is 0.248. The van der Waals surface area contributed by atoms with Crippen LogP contribution in [0, 0.1) is 0 Å². The van der Waals surface area contributed by atoms with Gasteiger partial charge in [-0.15, -0.1) is 24.8 Å². The van der Waals surface area contributed by atoms with Gasteiger partial charge in [0.05, 0.1) is 13.2 Å². The van der Waals surface area contributed by atoms with Gasteiger partial charge in [0, 0.05) is 51.7 Å². The number of rotatable bonds is 5. The van der Waals surface area contributed by atoms with Gasteiger partial charge in [-0.3, -0.25) is 9.69 Å². The Balaban J connectivity index is 0.00000169. The van der Waals surface area contributed by atoms with Gasteiger partial charge in [0.2, 0.25) is 5.91 Å². The average Bonchev–Trinajstić information content (AvgIpc) is 2.64. The zero-order valence-corrected chi connectivity index (χ0v) is 16.6. The quantitative estimate of drug-likeness (QED) is 0.819. The molecule has 0 spiro atoms. The molecule has 0 radical (unpaired) electrons. The first kappa shape index (κ1) is 22.9. The molecule has 1 unspecified atom stereocenters. The van der Waals surface area contributed by atoms with Crippen LogP contribution in [-0.2, 0) is 9.53 Å². The zero-order valence-electron chi connectivity index (χ0n) is 15.0. The first-order valence-corrected chi connectivity index (χ1v) is 8.84. The van der Waals surface area contributed by atoms with Crippen molar-refractivity contribution in [2.45, 2.75) is 12.5 Å². The number of morpholine rings is 1. The molecule has 146 valence electrons. The zero-order chi connectivity index (χ0) is 16.6. The third kappa shape index (κ3) is 7.25. The van der Waals surface area contributed by atoms with Crippen LogP contribution in [0.1, 0.15) is 12.0 Å². The number of ether oxygens (including phenoxy) is 1.